The number of carboxylic acid groups (broad SMARTS) is 1. The largest absolute Gasteiger partial charge is 1.00 e. The van der Waals surface area contributed by atoms with E-state index in [2.05, 4.69) is 6.92 Å². The Morgan fingerprint density at radius 2 is 1.56 bits per heavy atom. The summed E-state index contributed by atoms with van der Waals surface area (Å²) in [5, 5.41) is 8.27. The molecule has 0 aliphatic heterocycles. The van der Waals surface area contributed by atoms with Crippen LogP contribution in [0.3, 0.4) is 0 Å². The van der Waals surface area contributed by atoms with Gasteiger partial charge in [0.25, 0.3) is 0 Å². The van der Waals surface area contributed by atoms with Gasteiger partial charge in [0.1, 0.15) is 0 Å². The molecule has 0 amide bonds. The summed E-state index contributed by atoms with van der Waals surface area (Å²) in [7, 11) is -4.92. The van der Waals surface area contributed by atoms with E-state index in [4.69, 9.17) is 22.6 Å². The SMILES string of the molecule is CCCCCCCC(=O)O.O=S(=O)([O-])O.[Na+]. The normalized spacial score (nSPS) is 9.69. The van der Waals surface area contributed by atoms with Crippen LogP contribution in [0.1, 0.15) is 45.4 Å². The molecule has 0 saturated heterocycles. The van der Waals surface area contributed by atoms with Gasteiger partial charge in [0, 0.05) is 6.42 Å². The minimum atomic E-state index is -4.92. The molecule has 6 nitrogen and oxygen atoms in total. The van der Waals surface area contributed by atoms with E-state index in [-0.39, 0.29) is 29.6 Å². The van der Waals surface area contributed by atoms with Crippen LogP contribution < -0.4 is 29.6 Å². The second-order valence-electron chi connectivity index (χ2n) is 2.99. The average molecular weight is 264 g/mol. The van der Waals surface area contributed by atoms with Crippen LogP contribution in [-0.2, 0) is 15.2 Å². The van der Waals surface area contributed by atoms with Crippen molar-refractivity contribution >= 4 is 16.4 Å². The van der Waals surface area contributed by atoms with Gasteiger partial charge in [-0.2, -0.15) is 0 Å². The third kappa shape index (κ3) is 47.4. The minimum Gasteiger partial charge on any atom is -0.726 e. The van der Waals surface area contributed by atoms with E-state index in [1.54, 1.807) is 0 Å². The fourth-order valence-electron chi connectivity index (χ4n) is 0.880. The zero-order chi connectivity index (χ0) is 12.3. The molecule has 0 aliphatic rings. The molecule has 0 saturated carbocycles. The second kappa shape index (κ2) is 13.4. The number of carboxylic acids is 1. The van der Waals surface area contributed by atoms with Gasteiger partial charge in [-0.3, -0.25) is 9.35 Å². The van der Waals surface area contributed by atoms with Gasteiger partial charge in [0.05, 0.1) is 0 Å². The van der Waals surface area contributed by atoms with Crippen molar-refractivity contribution in [2.24, 2.45) is 0 Å². The van der Waals surface area contributed by atoms with Crippen LogP contribution in [0.5, 0.6) is 0 Å². The van der Waals surface area contributed by atoms with Gasteiger partial charge in [-0.25, -0.2) is 8.42 Å². The van der Waals surface area contributed by atoms with Crippen molar-refractivity contribution < 1.29 is 57.0 Å². The van der Waals surface area contributed by atoms with E-state index >= 15 is 0 Å². The molecule has 0 atom stereocenters. The van der Waals surface area contributed by atoms with Crippen LogP contribution in [0, 0.1) is 0 Å². The Morgan fingerprint density at radius 3 is 1.88 bits per heavy atom. The molecule has 0 radical (unpaired) electrons. The monoisotopic (exact) mass is 264 g/mol. The van der Waals surface area contributed by atoms with E-state index in [0.29, 0.717) is 6.42 Å². The first-order valence-electron chi connectivity index (χ1n) is 4.67. The maximum Gasteiger partial charge on any atom is 1.00 e. The van der Waals surface area contributed by atoms with Crippen molar-refractivity contribution in [1.82, 2.24) is 0 Å². The molecule has 0 aromatic rings. The molecule has 0 aromatic carbocycles. The molecule has 0 fully saturated rings. The van der Waals surface area contributed by atoms with E-state index in [1.165, 1.54) is 19.3 Å². The van der Waals surface area contributed by atoms with Crippen LogP contribution >= 0.6 is 0 Å². The molecule has 2 N–H and O–H groups in total. The molecule has 0 unspecified atom stereocenters. The van der Waals surface area contributed by atoms with Crippen LogP contribution in [0.25, 0.3) is 0 Å². The fraction of sp³-hybridized carbons (Fsp3) is 0.875. The molecule has 8 heteroatoms. The van der Waals surface area contributed by atoms with Crippen LogP contribution in [0.4, 0.5) is 0 Å². The Balaban J connectivity index is -0.000000242. The average Bonchev–Trinajstić information content (AvgIpc) is 2.00. The third-order valence-electron chi connectivity index (χ3n) is 1.49. The van der Waals surface area contributed by atoms with Gasteiger partial charge in [-0.1, -0.05) is 32.6 Å². The summed E-state index contributed by atoms with van der Waals surface area (Å²) in [5.41, 5.74) is 0. The van der Waals surface area contributed by atoms with Crippen molar-refractivity contribution in [3.05, 3.63) is 0 Å². The molecule has 0 aromatic heterocycles. The summed E-state index contributed by atoms with van der Waals surface area (Å²) >= 11 is 0. The zero-order valence-electron chi connectivity index (χ0n) is 9.68. The molecule has 0 spiro atoms. The Bertz CT molecular complexity index is 243. The van der Waals surface area contributed by atoms with Crippen LogP contribution in [-0.4, -0.2) is 28.6 Å². The predicted octanol–water partition coefficient (Wildman–Crippen LogP) is -1.56. The van der Waals surface area contributed by atoms with Crippen molar-refractivity contribution in [1.29, 1.82) is 0 Å². The quantitative estimate of drug-likeness (QED) is 0.259. The maximum absolute atomic E-state index is 10.0. The number of rotatable bonds is 6. The topological polar surface area (TPSA) is 115 Å². The van der Waals surface area contributed by atoms with Crippen molar-refractivity contribution in [3.63, 3.8) is 0 Å². The standard InChI is InChI=1S/C8H16O2.Na.H2O4S/c1-2-3-4-5-6-7-8(9)10;;1-5(2,3)4/h2-7H2,1H3,(H,9,10);;(H2,1,2,3,4)/q;+1;/p-1. The molecule has 16 heavy (non-hydrogen) atoms. The fourth-order valence-corrected chi connectivity index (χ4v) is 0.880. The van der Waals surface area contributed by atoms with E-state index in [1.807, 2.05) is 0 Å². The van der Waals surface area contributed by atoms with E-state index in [0.717, 1.165) is 12.8 Å². The Labute approximate surface area is 118 Å². The first kappa shape index (κ1) is 21.6. The van der Waals surface area contributed by atoms with Crippen LogP contribution in [0.15, 0.2) is 0 Å². The van der Waals surface area contributed by atoms with Crippen molar-refractivity contribution in [3.8, 4) is 0 Å². The molecular weight excluding hydrogens is 247 g/mol. The third-order valence-corrected chi connectivity index (χ3v) is 1.49. The Kier molecular flexibility index (Phi) is 18.1. The van der Waals surface area contributed by atoms with Gasteiger partial charge >= 0.3 is 35.5 Å². The summed E-state index contributed by atoms with van der Waals surface area (Å²) in [6.07, 6.45) is 5.88. The predicted molar refractivity (Wildman–Crippen MR) is 53.3 cm³/mol. The Morgan fingerprint density at radius 1 is 1.19 bits per heavy atom. The van der Waals surface area contributed by atoms with Gasteiger partial charge < -0.3 is 9.66 Å². The number of carbonyl (C=O) groups is 1. The summed E-state index contributed by atoms with van der Waals surface area (Å²) in [5.74, 6) is -0.670. The second-order valence-corrected chi connectivity index (χ2v) is 3.84. The molecule has 92 valence electrons. The molecule has 0 aliphatic carbocycles. The zero-order valence-corrected chi connectivity index (χ0v) is 12.5. The van der Waals surface area contributed by atoms with Crippen molar-refractivity contribution in [2.45, 2.75) is 45.4 Å². The van der Waals surface area contributed by atoms with E-state index < -0.39 is 16.4 Å². The molecular formula is C8H17NaO6S. The van der Waals surface area contributed by atoms with E-state index in [9.17, 15) is 4.79 Å². The smallest absolute Gasteiger partial charge is 0.726 e. The number of hydrogen-bond donors (Lipinski definition) is 2. The molecule has 0 heterocycles. The van der Waals surface area contributed by atoms with Crippen LogP contribution in [0.2, 0.25) is 0 Å². The summed E-state index contributed by atoms with van der Waals surface area (Å²) in [6.45, 7) is 2.15. The summed E-state index contributed by atoms with van der Waals surface area (Å²) in [4.78, 5) is 10.0. The number of unbranched alkanes of at least 4 members (excludes halogenated alkanes) is 4. The molecule has 0 bridgehead atoms. The molecule has 0 rings (SSSR count). The Hall–Kier alpha value is 0.340. The first-order chi connectivity index (χ1) is 6.77. The maximum atomic E-state index is 10.0. The first-order valence-corrected chi connectivity index (χ1v) is 6.04. The minimum absolute atomic E-state index is 0. The number of aliphatic carboxylic acids is 1. The summed E-state index contributed by atoms with van der Waals surface area (Å²) < 4.78 is 32.8. The summed E-state index contributed by atoms with van der Waals surface area (Å²) in [6, 6.07) is 0. The number of hydrogen-bond acceptors (Lipinski definition) is 4. The van der Waals surface area contributed by atoms with Gasteiger partial charge in [-0.05, 0) is 6.42 Å². The van der Waals surface area contributed by atoms with Crippen molar-refractivity contribution in [2.75, 3.05) is 0 Å². The van der Waals surface area contributed by atoms with Gasteiger partial charge in [0.2, 0.25) is 10.4 Å². The van der Waals surface area contributed by atoms with Gasteiger partial charge in [-0.15, -0.1) is 0 Å². The van der Waals surface area contributed by atoms with Gasteiger partial charge in [0.15, 0.2) is 0 Å².